The molecule has 6 aromatic rings. The van der Waals surface area contributed by atoms with Gasteiger partial charge >= 0.3 is 5.97 Å². The van der Waals surface area contributed by atoms with Crippen molar-refractivity contribution in [1.82, 2.24) is 4.57 Å². The molecular formula is C39H35ClN2O5S. The molecule has 0 saturated heterocycles. The number of para-hydroxylation sites is 1. The molecule has 48 heavy (non-hydrogen) atoms. The Labute approximate surface area is 285 Å². The molecule has 244 valence electrons. The Kier molecular flexibility index (Phi) is 9.85. The van der Waals surface area contributed by atoms with Gasteiger partial charge in [-0.25, -0.2) is 13.2 Å². The Morgan fingerprint density at radius 3 is 2.04 bits per heavy atom. The van der Waals surface area contributed by atoms with E-state index >= 15 is 0 Å². The highest BCUT2D eigenvalue weighted by Gasteiger charge is 2.27. The molecule has 0 aliphatic carbocycles. The summed E-state index contributed by atoms with van der Waals surface area (Å²) in [6.07, 6.45) is 2.09. The highest BCUT2D eigenvalue weighted by atomic mass is 35.5. The molecule has 9 heteroatoms. The van der Waals surface area contributed by atoms with Gasteiger partial charge in [0.2, 0.25) is 10.0 Å². The van der Waals surface area contributed by atoms with E-state index in [4.69, 9.17) is 16.3 Å². The fourth-order valence-corrected chi connectivity index (χ4v) is 7.39. The van der Waals surface area contributed by atoms with Gasteiger partial charge < -0.3 is 14.4 Å². The third kappa shape index (κ3) is 7.25. The third-order valence-electron chi connectivity index (χ3n) is 8.37. The molecule has 0 amide bonds. The summed E-state index contributed by atoms with van der Waals surface area (Å²) >= 11 is 6.63. The predicted molar refractivity (Wildman–Crippen MR) is 192 cm³/mol. The third-order valence-corrected chi connectivity index (χ3v) is 9.80. The summed E-state index contributed by atoms with van der Waals surface area (Å²) in [6, 6.07) is 41.7. The zero-order chi connectivity index (χ0) is 33.7. The number of halogens is 1. The SMILES string of the molecule is CS(=O)(=O)N(CCc1c(CCOc2cccc(C(=O)O)c2)c2cc(Cl)ccc2n1C(c1ccccc1)c1ccccc1)c1ccccc1. The topological polar surface area (TPSA) is 88.8 Å². The first-order valence-corrected chi connectivity index (χ1v) is 17.8. The van der Waals surface area contributed by atoms with Gasteiger partial charge in [0.05, 0.1) is 30.2 Å². The van der Waals surface area contributed by atoms with Crippen LogP contribution in [-0.4, -0.2) is 43.5 Å². The molecule has 0 radical (unpaired) electrons. The summed E-state index contributed by atoms with van der Waals surface area (Å²) in [7, 11) is -3.61. The van der Waals surface area contributed by atoms with Crippen LogP contribution in [0.25, 0.3) is 10.9 Å². The number of aromatic carboxylic acids is 1. The number of sulfonamides is 1. The molecule has 1 heterocycles. The van der Waals surface area contributed by atoms with Crippen LogP contribution in [0.5, 0.6) is 5.75 Å². The number of fused-ring (bicyclic) bond motifs is 1. The van der Waals surface area contributed by atoms with E-state index in [1.54, 1.807) is 24.3 Å². The Morgan fingerprint density at radius 2 is 1.44 bits per heavy atom. The molecule has 1 aromatic heterocycles. The Bertz CT molecular complexity index is 2100. The first kappa shape index (κ1) is 32.9. The van der Waals surface area contributed by atoms with E-state index in [9.17, 15) is 18.3 Å². The number of ether oxygens (including phenoxy) is 1. The minimum absolute atomic E-state index is 0.145. The van der Waals surface area contributed by atoms with Gasteiger partial charge in [-0.15, -0.1) is 0 Å². The number of rotatable bonds is 13. The smallest absolute Gasteiger partial charge is 0.335 e. The number of benzene rings is 5. The van der Waals surface area contributed by atoms with Gasteiger partial charge in [-0.05, 0) is 65.2 Å². The first-order valence-electron chi connectivity index (χ1n) is 15.6. The number of hydrogen-bond donors (Lipinski definition) is 1. The average molecular weight is 679 g/mol. The normalized spacial score (nSPS) is 11.6. The summed E-state index contributed by atoms with van der Waals surface area (Å²) in [6.45, 7) is 0.467. The molecule has 0 fully saturated rings. The highest BCUT2D eigenvalue weighted by molar-refractivity contribution is 7.92. The van der Waals surface area contributed by atoms with Crippen molar-refractivity contribution in [3.05, 3.63) is 166 Å². The van der Waals surface area contributed by atoms with Gasteiger partial charge in [0.1, 0.15) is 5.75 Å². The summed E-state index contributed by atoms with van der Waals surface area (Å²) in [5.41, 5.74) is 5.79. The fourth-order valence-electron chi connectivity index (χ4n) is 6.29. The minimum Gasteiger partial charge on any atom is -0.493 e. The van der Waals surface area contributed by atoms with Gasteiger partial charge in [-0.1, -0.05) is 96.5 Å². The van der Waals surface area contributed by atoms with Crippen molar-refractivity contribution in [1.29, 1.82) is 0 Å². The Balaban J connectivity index is 1.51. The van der Waals surface area contributed by atoms with Crippen LogP contribution in [0.1, 0.15) is 38.8 Å². The van der Waals surface area contributed by atoms with E-state index in [1.807, 2.05) is 72.8 Å². The first-order chi connectivity index (χ1) is 23.2. The molecule has 5 aromatic carbocycles. The van der Waals surface area contributed by atoms with E-state index in [0.717, 1.165) is 33.3 Å². The van der Waals surface area contributed by atoms with Gasteiger partial charge in [0.25, 0.3) is 0 Å². The van der Waals surface area contributed by atoms with Crippen molar-refractivity contribution in [2.45, 2.75) is 18.9 Å². The van der Waals surface area contributed by atoms with E-state index in [-0.39, 0.29) is 24.8 Å². The second kappa shape index (κ2) is 14.4. The van der Waals surface area contributed by atoms with Crippen LogP contribution in [0.3, 0.4) is 0 Å². The van der Waals surface area contributed by atoms with E-state index in [0.29, 0.717) is 29.3 Å². The quantitative estimate of drug-likeness (QED) is 0.133. The van der Waals surface area contributed by atoms with Crippen molar-refractivity contribution < 1.29 is 23.1 Å². The van der Waals surface area contributed by atoms with Crippen LogP contribution in [0.2, 0.25) is 5.02 Å². The van der Waals surface area contributed by atoms with E-state index < -0.39 is 16.0 Å². The molecule has 7 nitrogen and oxygen atoms in total. The van der Waals surface area contributed by atoms with Gasteiger partial charge in [-0.3, -0.25) is 4.31 Å². The predicted octanol–water partition coefficient (Wildman–Crippen LogP) is 8.26. The van der Waals surface area contributed by atoms with Crippen molar-refractivity contribution in [2.24, 2.45) is 0 Å². The number of nitrogens with zero attached hydrogens (tertiary/aromatic N) is 2. The summed E-state index contributed by atoms with van der Waals surface area (Å²) in [4.78, 5) is 11.6. The molecular weight excluding hydrogens is 644 g/mol. The van der Waals surface area contributed by atoms with Crippen LogP contribution in [-0.2, 0) is 22.9 Å². The van der Waals surface area contributed by atoms with Gasteiger partial charge in [0.15, 0.2) is 0 Å². The monoisotopic (exact) mass is 678 g/mol. The molecule has 0 saturated carbocycles. The Hall–Kier alpha value is -5.05. The lowest BCUT2D eigenvalue weighted by Gasteiger charge is -2.27. The number of carboxylic acids is 1. The number of carbonyl (C=O) groups is 1. The number of hydrogen-bond acceptors (Lipinski definition) is 4. The molecule has 0 unspecified atom stereocenters. The van der Waals surface area contributed by atoms with Crippen molar-refractivity contribution in [2.75, 3.05) is 23.7 Å². The molecule has 0 bridgehead atoms. The molecule has 0 aliphatic rings. The standard InChI is InChI=1S/C39H35ClN2O5S/c1-48(45,46)41(32-17-9-4-10-18-32)24-22-37-34(23-25-47-33-19-11-16-30(26-33)39(43)44)35-27-31(40)20-21-36(35)42(37)38(28-12-5-2-6-13-28)29-14-7-3-8-15-29/h2-21,26-27,38H,22-25H2,1H3,(H,43,44). The number of carboxylic acid groups (broad SMARTS) is 1. The summed E-state index contributed by atoms with van der Waals surface area (Å²) < 4.78 is 36.2. The molecule has 0 spiro atoms. The molecule has 0 atom stereocenters. The maximum atomic E-state index is 13.2. The van der Waals surface area contributed by atoms with Crippen LogP contribution in [0.4, 0.5) is 5.69 Å². The van der Waals surface area contributed by atoms with Crippen LogP contribution in [0, 0.1) is 0 Å². The maximum absolute atomic E-state index is 13.2. The molecule has 1 N–H and O–H groups in total. The zero-order valence-corrected chi connectivity index (χ0v) is 27.9. The maximum Gasteiger partial charge on any atom is 0.335 e. The molecule has 6 rings (SSSR count). The average Bonchev–Trinajstić information content (AvgIpc) is 3.37. The largest absolute Gasteiger partial charge is 0.493 e. The van der Waals surface area contributed by atoms with E-state index in [2.05, 4.69) is 28.8 Å². The van der Waals surface area contributed by atoms with Crippen LogP contribution < -0.4 is 9.04 Å². The van der Waals surface area contributed by atoms with Gasteiger partial charge in [-0.2, -0.15) is 0 Å². The lowest BCUT2D eigenvalue weighted by molar-refractivity contribution is 0.0696. The second-order valence-corrected chi connectivity index (χ2v) is 13.9. The molecule has 0 aliphatic heterocycles. The minimum atomic E-state index is -3.61. The van der Waals surface area contributed by atoms with Crippen LogP contribution in [0.15, 0.2) is 133 Å². The second-order valence-electron chi connectivity index (χ2n) is 11.5. The summed E-state index contributed by atoms with van der Waals surface area (Å²) in [5.74, 6) is -0.570. The lowest BCUT2D eigenvalue weighted by Crippen LogP contribution is -2.32. The lowest BCUT2D eigenvalue weighted by atomic mass is 9.97. The van der Waals surface area contributed by atoms with Crippen LogP contribution >= 0.6 is 11.6 Å². The summed E-state index contributed by atoms with van der Waals surface area (Å²) in [5, 5.41) is 11.0. The number of aromatic nitrogens is 1. The Morgan fingerprint density at radius 1 is 0.812 bits per heavy atom. The zero-order valence-electron chi connectivity index (χ0n) is 26.4. The highest BCUT2D eigenvalue weighted by Crippen LogP contribution is 2.38. The van der Waals surface area contributed by atoms with Crippen molar-refractivity contribution in [3.63, 3.8) is 0 Å². The van der Waals surface area contributed by atoms with Gasteiger partial charge in [0, 0.05) is 41.0 Å². The van der Waals surface area contributed by atoms with Crippen molar-refractivity contribution in [3.8, 4) is 5.75 Å². The number of anilines is 1. The van der Waals surface area contributed by atoms with E-state index in [1.165, 1.54) is 22.7 Å². The fraction of sp³-hybridized carbons (Fsp3) is 0.154. The van der Waals surface area contributed by atoms with Crippen molar-refractivity contribution >= 4 is 44.2 Å².